The summed E-state index contributed by atoms with van der Waals surface area (Å²) in [6.07, 6.45) is 5.67. The zero-order chi connectivity index (χ0) is 16.5. The van der Waals surface area contributed by atoms with Crippen LogP contribution < -0.4 is 5.32 Å². The van der Waals surface area contributed by atoms with Gasteiger partial charge < -0.3 is 9.88 Å². The molecule has 0 bridgehead atoms. The van der Waals surface area contributed by atoms with Crippen molar-refractivity contribution in [3.63, 3.8) is 0 Å². The molecule has 1 amide bonds. The van der Waals surface area contributed by atoms with Gasteiger partial charge in [-0.15, -0.1) is 11.8 Å². The van der Waals surface area contributed by atoms with Gasteiger partial charge in [-0.3, -0.25) is 9.78 Å². The number of nitrogens with zero attached hydrogens (tertiary/aromatic N) is 2. The third kappa shape index (κ3) is 2.81. The van der Waals surface area contributed by atoms with Crippen LogP contribution in [0.1, 0.15) is 27.0 Å². The van der Waals surface area contributed by atoms with Crippen molar-refractivity contribution in [1.82, 2.24) is 9.55 Å². The predicted octanol–water partition coefficient (Wildman–Crippen LogP) is 4.58. The lowest BCUT2D eigenvalue weighted by Crippen LogP contribution is -2.12. The number of benzene rings is 1. The van der Waals surface area contributed by atoms with Crippen LogP contribution in [0.25, 0.3) is 0 Å². The van der Waals surface area contributed by atoms with Crippen molar-refractivity contribution in [2.45, 2.75) is 11.1 Å². The first-order chi connectivity index (χ1) is 11.7. The summed E-state index contributed by atoms with van der Waals surface area (Å²) in [5.74, 6) is 0.693. The standard InChI is InChI=1S/C18H14ClN3OS/c19-14-5-1-3-12(9-14)17(23)21-15-6-8-22-16(15)11-24-18(22)13-4-2-7-20-10-13/h1-10,18H,11H2,(H,21,23). The fourth-order valence-corrected chi connectivity index (χ4v) is 4.31. The van der Waals surface area contributed by atoms with E-state index in [9.17, 15) is 4.79 Å². The average molecular weight is 356 g/mol. The summed E-state index contributed by atoms with van der Waals surface area (Å²) in [4.78, 5) is 16.6. The summed E-state index contributed by atoms with van der Waals surface area (Å²) in [5.41, 5.74) is 3.67. The Bertz CT molecular complexity index is 894. The number of amides is 1. The van der Waals surface area contributed by atoms with Crippen LogP contribution in [-0.2, 0) is 5.75 Å². The molecular weight excluding hydrogens is 342 g/mol. The van der Waals surface area contributed by atoms with Crippen LogP contribution >= 0.6 is 23.4 Å². The first kappa shape index (κ1) is 15.3. The summed E-state index contributed by atoms with van der Waals surface area (Å²) in [6.45, 7) is 0. The predicted molar refractivity (Wildman–Crippen MR) is 97.5 cm³/mol. The molecule has 3 heterocycles. The number of pyridine rings is 1. The van der Waals surface area contributed by atoms with Crippen LogP contribution in [0.3, 0.4) is 0 Å². The molecule has 4 rings (SSSR count). The molecule has 1 N–H and O–H groups in total. The third-order valence-corrected chi connectivity index (χ3v) is 5.45. The lowest BCUT2D eigenvalue weighted by molar-refractivity contribution is 0.102. The van der Waals surface area contributed by atoms with Gasteiger partial charge in [0.05, 0.1) is 11.4 Å². The minimum Gasteiger partial charge on any atom is -0.332 e. The Kier molecular flexibility index (Phi) is 4.04. The van der Waals surface area contributed by atoms with Crippen molar-refractivity contribution in [1.29, 1.82) is 0 Å². The highest BCUT2D eigenvalue weighted by atomic mass is 35.5. The van der Waals surface area contributed by atoms with Crippen molar-refractivity contribution >= 4 is 35.0 Å². The molecule has 0 saturated carbocycles. The van der Waals surface area contributed by atoms with Crippen LogP contribution in [-0.4, -0.2) is 15.5 Å². The maximum atomic E-state index is 12.4. The van der Waals surface area contributed by atoms with Crippen molar-refractivity contribution in [2.75, 3.05) is 5.32 Å². The summed E-state index contributed by atoms with van der Waals surface area (Å²) < 4.78 is 2.19. The Morgan fingerprint density at radius 1 is 1.29 bits per heavy atom. The van der Waals surface area contributed by atoms with Gasteiger partial charge in [0.25, 0.3) is 5.91 Å². The number of halogens is 1. The van der Waals surface area contributed by atoms with Gasteiger partial charge in [-0.2, -0.15) is 0 Å². The third-order valence-electron chi connectivity index (χ3n) is 3.96. The molecule has 24 heavy (non-hydrogen) atoms. The molecule has 2 aromatic heterocycles. The molecule has 3 aromatic rings. The van der Waals surface area contributed by atoms with Crippen molar-refractivity contribution < 1.29 is 4.79 Å². The van der Waals surface area contributed by atoms with Gasteiger partial charge in [-0.05, 0) is 30.3 Å². The van der Waals surface area contributed by atoms with E-state index >= 15 is 0 Å². The summed E-state index contributed by atoms with van der Waals surface area (Å²) in [5, 5.41) is 3.74. The number of carbonyl (C=O) groups is 1. The Morgan fingerprint density at radius 2 is 2.21 bits per heavy atom. The molecule has 0 saturated heterocycles. The van der Waals surface area contributed by atoms with Gasteiger partial charge in [0.2, 0.25) is 0 Å². The van der Waals surface area contributed by atoms with E-state index in [1.54, 1.807) is 30.5 Å². The van der Waals surface area contributed by atoms with Crippen molar-refractivity contribution in [3.8, 4) is 0 Å². The summed E-state index contributed by atoms with van der Waals surface area (Å²) >= 11 is 7.78. The van der Waals surface area contributed by atoms with Gasteiger partial charge in [0.15, 0.2) is 0 Å². The molecule has 120 valence electrons. The fourth-order valence-electron chi connectivity index (χ4n) is 2.81. The number of hydrogen-bond donors (Lipinski definition) is 1. The lowest BCUT2D eigenvalue weighted by Gasteiger charge is -2.12. The Balaban J connectivity index is 1.58. The van der Waals surface area contributed by atoms with Crippen LogP contribution in [0.2, 0.25) is 5.02 Å². The van der Waals surface area contributed by atoms with E-state index in [1.165, 1.54) is 0 Å². The Labute approximate surface area is 148 Å². The number of thioether (sulfide) groups is 1. The monoisotopic (exact) mass is 355 g/mol. The second kappa shape index (κ2) is 6.34. The van der Waals surface area contributed by atoms with Crippen LogP contribution in [0.15, 0.2) is 61.1 Å². The minimum atomic E-state index is -0.152. The van der Waals surface area contributed by atoms with E-state index in [0.717, 1.165) is 22.7 Å². The SMILES string of the molecule is O=C(Nc1ccn2c1CSC2c1cccnc1)c1cccc(Cl)c1. The maximum Gasteiger partial charge on any atom is 0.255 e. The van der Waals surface area contributed by atoms with E-state index in [-0.39, 0.29) is 11.3 Å². The zero-order valence-corrected chi connectivity index (χ0v) is 14.2. The van der Waals surface area contributed by atoms with Gasteiger partial charge in [0, 0.05) is 40.5 Å². The smallest absolute Gasteiger partial charge is 0.255 e. The van der Waals surface area contributed by atoms with E-state index in [2.05, 4.69) is 20.9 Å². The first-order valence-corrected chi connectivity index (χ1v) is 8.93. The topological polar surface area (TPSA) is 46.9 Å². The minimum absolute atomic E-state index is 0.152. The van der Waals surface area contributed by atoms with Gasteiger partial charge in [0.1, 0.15) is 5.37 Å². The van der Waals surface area contributed by atoms with Crippen LogP contribution in [0, 0.1) is 0 Å². The first-order valence-electron chi connectivity index (χ1n) is 7.50. The van der Waals surface area contributed by atoms with E-state index in [0.29, 0.717) is 10.6 Å². The quantitative estimate of drug-likeness (QED) is 0.747. The second-order valence-corrected chi connectivity index (χ2v) is 7.00. The van der Waals surface area contributed by atoms with Crippen molar-refractivity contribution in [3.05, 3.63) is 82.9 Å². The normalized spacial score (nSPS) is 16.0. The van der Waals surface area contributed by atoms with Crippen LogP contribution in [0.5, 0.6) is 0 Å². The summed E-state index contributed by atoms with van der Waals surface area (Å²) in [7, 11) is 0. The number of aromatic nitrogens is 2. The zero-order valence-electron chi connectivity index (χ0n) is 12.6. The van der Waals surface area contributed by atoms with Gasteiger partial charge >= 0.3 is 0 Å². The highest BCUT2D eigenvalue weighted by Gasteiger charge is 2.26. The number of carbonyl (C=O) groups excluding carboxylic acids is 1. The molecule has 0 fully saturated rings. The maximum absolute atomic E-state index is 12.4. The van der Waals surface area contributed by atoms with E-state index < -0.39 is 0 Å². The number of nitrogens with one attached hydrogen (secondary N) is 1. The van der Waals surface area contributed by atoms with Gasteiger partial charge in [-0.1, -0.05) is 23.7 Å². The number of fused-ring (bicyclic) bond motifs is 1. The fraction of sp³-hybridized carbons (Fsp3) is 0.111. The molecular formula is C18H14ClN3OS. The van der Waals surface area contributed by atoms with Crippen LogP contribution in [0.4, 0.5) is 5.69 Å². The van der Waals surface area contributed by atoms with E-state index in [1.807, 2.05) is 36.3 Å². The molecule has 1 aliphatic rings. The Hall–Kier alpha value is -2.24. The number of rotatable bonds is 3. The Morgan fingerprint density at radius 3 is 3.00 bits per heavy atom. The molecule has 4 nitrogen and oxygen atoms in total. The lowest BCUT2D eigenvalue weighted by atomic mass is 10.2. The number of hydrogen-bond acceptors (Lipinski definition) is 3. The van der Waals surface area contributed by atoms with Gasteiger partial charge in [-0.25, -0.2) is 0 Å². The number of anilines is 1. The highest BCUT2D eigenvalue weighted by Crippen LogP contribution is 2.43. The largest absolute Gasteiger partial charge is 0.332 e. The highest BCUT2D eigenvalue weighted by molar-refractivity contribution is 7.99. The van der Waals surface area contributed by atoms with E-state index in [4.69, 9.17) is 11.6 Å². The average Bonchev–Trinajstić information content (AvgIpc) is 3.19. The molecule has 1 atom stereocenters. The molecule has 0 radical (unpaired) electrons. The molecule has 1 unspecified atom stereocenters. The summed E-state index contributed by atoms with van der Waals surface area (Å²) in [6, 6.07) is 12.9. The molecule has 1 aliphatic heterocycles. The molecule has 6 heteroatoms. The molecule has 1 aromatic carbocycles. The second-order valence-electron chi connectivity index (χ2n) is 5.50. The molecule has 0 aliphatic carbocycles. The molecule has 0 spiro atoms. The van der Waals surface area contributed by atoms with Crippen molar-refractivity contribution in [2.24, 2.45) is 0 Å².